The number of methoxy groups -OCH3 is 2. The Balaban J connectivity index is 2.01. The minimum Gasteiger partial charge on any atom is -0.497 e. The summed E-state index contributed by atoms with van der Waals surface area (Å²) < 4.78 is 10.5. The Labute approximate surface area is 165 Å². The predicted octanol–water partition coefficient (Wildman–Crippen LogP) is 4.76. The third-order valence-corrected chi connectivity index (χ3v) is 5.17. The fourth-order valence-electron chi connectivity index (χ4n) is 3.69. The summed E-state index contributed by atoms with van der Waals surface area (Å²) >= 11 is 0. The molecule has 0 spiro atoms. The summed E-state index contributed by atoms with van der Waals surface area (Å²) in [6.07, 6.45) is 3.78. The van der Waals surface area contributed by atoms with Gasteiger partial charge in [0.25, 0.3) is 5.70 Å². The van der Waals surface area contributed by atoms with E-state index in [1.54, 1.807) is 20.3 Å². The maximum Gasteiger partial charge on any atom is 0.265 e. The highest BCUT2D eigenvalue weighted by Crippen LogP contribution is 2.44. The standard InChI is InChI=1S/C22H26N2O4/c1-4-5-14-23-20(16-6-10-18(27-2)11-7-16)15-21(24(25)26)22(23)17-8-12-19(28-3)13-9-17/h6-13,15,20,22H,4-5,14H2,1-3H3/t20-,22+/m0/s1. The second kappa shape index (κ2) is 8.89. The third-order valence-electron chi connectivity index (χ3n) is 5.17. The van der Waals surface area contributed by atoms with Crippen molar-refractivity contribution in [3.05, 3.63) is 81.5 Å². The van der Waals surface area contributed by atoms with Crippen molar-refractivity contribution in [3.8, 4) is 11.5 Å². The van der Waals surface area contributed by atoms with Crippen LogP contribution in [0.4, 0.5) is 0 Å². The Hall–Kier alpha value is -2.86. The molecule has 0 saturated heterocycles. The Morgan fingerprint density at radius 3 is 1.96 bits per heavy atom. The van der Waals surface area contributed by atoms with Crippen molar-refractivity contribution in [3.63, 3.8) is 0 Å². The zero-order valence-corrected chi connectivity index (χ0v) is 16.5. The maximum absolute atomic E-state index is 11.9. The van der Waals surface area contributed by atoms with Crippen molar-refractivity contribution in [1.82, 2.24) is 4.90 Å². The summed E-state index contributed by atoms with van der Waals surface area (Å²) in [6.45, 7) is 2.90. The van der Waals surface area contributed by atoms with E-state index in [2.05, 4.69) is 11.8 Å². The largest absolute Gasteiger partial charge is 0.497 e. The van der Waals surface area contributed by atoms with Gasteiger partial charge in [-0.1, -0.05) is 37.6 Å². The molecule has 2 aromatic rings. The van der Waals surface area contributed by atoms with Crippen LogP contribution in [-0.2, 0) is 0 Å². The number of benzene rings is 2. The Kier molecular flexibility index (Phi) is 6.31. The number of ether oxygens (including phenoxy) is 2. The van der Waals surface area contributed by atoms with Crippen molar-refractivity contribution in [1.29, 1.82) is 0 Å². The molecule has 0 bridgehead atoms. The van der Waals surface area contributed by atoms with Crippen LogP contribution in [0.2, 0.25) is 0 Å². The van der Waals surface area contributed by atoms with Gasteiger partial charge >= 0.3 is 0 Å². The number of nitro groups is 1. The van der Waals surface area contributed by atoms with Gasteiger partial charge in [0.05, 0.1) is 25.2 Å². The number of nitrogens with zero attached hydrogens (tertiary/aromatic N) is 2. The van der Waals surface area contributed by atoms with Crippen LogP contribution in [0.25, 0.3) is 0 Å². The van der Waals surface area contributed by atoms with E-state index >= 15 is 0 Å². The van der Waals surface area contributed by atoms with Crippen LogP contribution in [0.5, 0.6) is 11.5 Å². The van der Waals surface area contributed by atoms with Crippen LogP contribution in [0, 0.1) is 10.1 Å². The van der Waals surface area contributed by atoms with E-state index in [-0.39, 0.29) is 22.7 Å². The normalized spacial score (nSPS) is 19.3. The first kappa shape index (κ1) is 19.9. The highest BCUT2D eigenvalue weighted by Gasteiger charge is 2.42. The van der Waals surface area contributed by atoms with Crippen LogP contribution in [0.15, 0.2) is 60.3 Å². The van der Waals surface area contributed by atoms with Crippen molar-refractivity contribution in [2.45, 2.75) is 31.8 Å². The smallest absolute Gasteiger partial charge is 0.265 e. The lowest BCUT2D eigenvalue weighted by molar-refractivity contribution is -0.431. The first-order chi connectivity index (χ1) is 13.6. The van der Waals surface area contributed by atoms with Gasteiger partial charge in [-0.3, -0.25) is 15.0 Å². The van der Waals surface area contributed by atoms with Crippen molar-refractivity contribution in [2.75, 3.05) is 20.8 Å². The summed E-state index contributed by atoms with van der Waals surface area (Å²) in [5.41, 5.74) is 2.14. The first-order valence-corrected chi connectivity index (χ1v) is 9.48. The minimum atomic E-state index is -0.389. The maximum atomic E-state index is 11.9. The molecule has 0 aliphatic carbocycles. The Morgan fingerprint density at radius 2 is 1.50 bits per heavy atom. The molecule has 6 heteroatoms. The molecule has 0 amide bonds. The fourth-order valence-corrected chi connectivity index (χ4v) is 3.69. The van der Waals surface area contributed by atoms with Gasteiger partial charge in [-0.15, -0.1) is 0 Å². The van der Waals surface area contributed by atoms with E-state index in [1.165, 1.54) is 0 Å². The quantitative estimate of drug-likeness (QED) is 0.486. The van der Waals surface area contributed by atoms with E-state index < -0.39 is 0 Å². The molecule has 6 nitrogen and oxygen atoms in total. The van der Waals surface area contributed by atoms with Gasteiger partial charge in [-0.05, 0) is 41.8 Å². The van der Waals surface area contributed by atoms with Gasteiger partial charge in [0, 0.05) is 12.6 Å². The molecule has 3 rings (SSSR count). The third kappa shape index (κ3) is 4.02. The van der Waals surface area contributed by atoms with Gasteiger partial charge in [0.1, 0.15) is 17.5 Å². The molecule has 0 fully saturated rings. The summed E-state index contributed by atoms with van der Waals surface area (Å²) in [7, 11) is 3.24. The molecule has 0 unspecified atom stereocenters. The zero-order chi connectivity index (χ0) is 20.1. The Bertz CT molecular complexity index is 831. The van der Waals surface area contributed by atoms with Crippen LogP contribution in [-0.4, -0.2) is 30.6 Å². The van der Waals surface area contributed by atoms with Gasteiger partial charge in [0.15, 0.2) is 0 Å². The summed E-state index contributed by atoms with van der Waals surface area (Å²) in [5, 5.41) is 11.9. The molecule has 0 N–H and O–H groups in total. The summed E-state index contributed by atoms with van der Waals surface area (Å²) in [6, 6.07) is 14.7. The Morgan fingerprint density at radius 1 is 0.964 bits per heavy atom. The van der Waals surface area contributed by atoms with E-state index in [4.69, 9.17) is 9.47 Å². The van der Waals surface area contributed by atoms with Crippen LogP contribution in [0.1, 0.15) is 43.0 Å². The van der Waals surface area contributed by atoms with E-state index in [0.717, 1.165) is 42.0 Å². The number of rotatable bonds is 8. The molecular weight excluding hydrogens is 356 g/mol. The van der Waals surface area contributed by atoms with Crippen molar-refractivity contribution < 1.29 is 14.4 Å². The minimum absolute atomic E-state index is 0.148. The fraction of sp³-hybridized carbons (Fsp3) is 0.364. The van der Waals surface area contributed by atoms with E-state index in [1.807, 2.05) is 48.5 Å². The van der Waals surface area contributed by atoms with Crippen LogP contribution < -0.4 is 9.47 Å². The van der Waals surface area contributed by atoms with Crippen LogP contribution >= 0.6 is 0 Å². The van der Waals surface area contributed by atoms with Crippen molar-refractivity contribution >= 4 is 0 Å². The lowest BCUT2D eigenvalue weighted by Gasteiger charge is -2.30. The van der Waals surface area contributed by atoms with E-state index in [0.29, 0.717) is 0 Å². The molecule has 1 aliphatic heterocycles. The molecule has 28 heavy (non-hydrogen) atoms. The molecule has 2 aromatic carbocycles. The first-order valence-electron chi connectivity index (χ1n) is 9.48. The molecular formula is C22H26N2O4. The topological polar surface area (TPSA) is 64.8 Å². The molecule has 0 aromatic heterocycles. The summed E-state index contributed by atoms with van der Waals surface area (Å²) in [4.78, 5) is 13.8. The average Bonchev–Trinajstić information content (AvgIpc) is 3.12. The average molecular weight is 382 g/mol. The molecule has 0 radical (unpaired) electrons. The van der Waals surface area contributed by atoms with Crippen molar-refractivity contribution in [2.24, 2.45) is 0 Å². The van der Waals surface area contributed by atoms with Gasteiger partial charge in [-0.25, -0.2) is 0 Å². The highest BCUT2D eigenvalue weighted by atomic mass is 16.6. The lowest BCUT2D eigenvalue weighted by Crippen LogP contribution is -2.30. The monoisotopic (exact) mass is 382 g/mol. The van der Waals surface area contributed by atoms with E-state index in [9.17, 15) is 10.1 Å². The molecule has 1 aliphatic rings. The lowest BCUT2D eigenvalue weighted by atomic mass is 10.0. The van der Waals surface area contributed by atoms with Gasteiger partial charge < -0.3 is 9.47 Å². The van der Waals surface area contributed by atoms with Crippen LogP contribution in [0.3, 0.4) is 0 Å². The number of hydrogen-bond donors (Lipinski definition) is 0. The number of unbranched alkanes of at least 4 members (excludes halogenated alkanes) is 1. The second-order valence-corrected chi connectivity index (χ2v) is 6.83. The molecule has 2 atom stereocenters. The van der Waals surface area contributed by atoms with Gasteiger partial charge in [0.2, 0.25) is 0 Å². The van der Waals surface area contributed by atoms with Gasteiger partial charge in [-0.2, -0.15) is 0 Å². The predicted molar refractivity (Wildman–Crippen MR) is 108 cm³/mol. The zero-order valence-electron chi connectivity index (χ0n) is 16.5. The summed E-state index contributed by atoms with van der Waals surface area (Å²) in [5.74, 6) is 1.51. The molecule has 148 valence electrons. The SMILES string of the molecule is CCCCN1[C@H](c2ccc(OC)cc2)C=C([N+](=O)[O-])[C@H]1c1ccc(OC)cc1. The second-order valence-electron chi connectivity index (χ2n) is 6.83. The highest BCUT2D eigenvalue weighted by molar-refractivity contribution is 5.39. The number of hydrogen-bond acceptors (Lipinski definition) is 5. The molecule has 0 saturated carbocycles. The molecule has 1 heterocycles.